The van der Waals surface area contributed by atoms with Gasteiger partial charge in [0.15, 0.2) is 6.61 Å². The van der Waals surface area contributed by atoms with E-state index in [9.17, 15) is 19.7 Å². The van der Waals surface area contributed by atoms with Crippen molar-refractivity contribution >= 4 is 28.9 Å². The predicted octanol–water partition coefficient (Wildman–Crippen LogP) is 3.69. The van der Waals surface area contributed by atoms with Gasteiger partial charge in [0.2, 0.25) is 0 Å². The van der Waals surface area contributed by atoms with Gasteiger partial charge in [-0.2, -0.15) is 5.26 Å². The highest BCUT2D eigenvalue weighted by atomic mass is 16.6. The van der Waals surface area contributed by atoms with Crippen LogP contribution < -0.4 is 10.2 Å². The number of esters is 1. The number of nitrogens with one attached hydrogen (secondary N) is 1. The first-order chi connectivity index (χ1) is 15.4. The standard InChI is InChI=1S/C23H24N4O5/c1-16-9-12-26(13-10-16)20-7-4-18(14-21(20)27(30)31)23(29)32-15-22(28)25-19-5-2-17(3-6-19)8-11-24/h2-7,14,16H,8-10,12-13,15H2,1H3,(H,25,28). The van der Waals surface area contributed by atoms with E-state index in [1.807, 2.05) is 11.0 Å². The van der Waals surface area contributed by atoms with Crippen LogP contribution >= 0.6 is 0 Å². The molecular weight excluding hydrogens is 412 g/mol. The molecule has 0 radical (unpaired) electrons. The van der Waals surface area contributed by atoms with Crippen LogP contribution in [0.2, 0.25) is 0 Å². The summed E-state index contributed by atoms with van der Waals surface area (Å²) in [5, 5.41) is 22.9. The van der Waals surface area contributed by atoms with E-state index in [2.05, 4.69) is 12.2 Å². The van der Waals surface area contributed by atoms with E-state index >= 15 is 0 Å². The third kappa shape index (κ3) is 5.82. The quantitative estimate of drug-likeness (QED) is 0.398. The summed E-state index contributed by atoms with van der Waals surface area (Å²) in [5.41, 5.74) is 1.66. The molecule has 1 N–H and O–H groups in total. The van der Waals surface area contributed by atoms with Crippen molar-refractivity contribution in [1.29, 1.82) is 5.26 Å². The van der Waals surface area contributed by atoms with E-state index < -0.39 is 23.4 Å². The van der Waals surface area contributed by atoms with Crippen molar-refractivity contribution < 1.29 is 19.2 Å². The van der Waals surface area contributed by atoms with Crippen LogP contribution in [0.25, 0.3) is 0 Å². The summed E-state index contributed by atoms with van der Waals surface area (Å²) in [5.74, 6) is -0.771. The number of hydrogen-bond acceptors (Lipinski definition) is 7. The Balaban J connectivity index is 1.60. The molecule has 0 atom stereocenters. The van der Waals surface area contributed by atoms with Gasteiger partial charge in [-0.25, -0.2) is 4.79 Å². The van der Waals surface area contributed by atoms with Crippen LogP contribution in [0, 0.1) is 27.4 Å². The Hall–Kier alpha value is -3.93. The number of hydrogen-bond donors (Lipinski definition) is 1. The average Bonchev–Trinajstić information content (AvgIpc) is 2.79. The van der Waals surface area contributed by atoms with Gasteiger partial charge in [0.05, 0.1) is 23.0 Å². The summed E-state index contributed by atoms with van der Waals surface area (Å²) in [4.78, 5) is 37.5. The summed E-state index contributed by atoms with van der Waals surface area (Å²) in [6, 6.07) is 13.0. The minimum absolute atomic E-state index is 0.0134. The van der Waals surface area contributed by atoms with Gasteiger partial charge in [-0.1, -0.05) is 19.1 Å². The summed E-state index contributed by atoms with van der Waals surface area (Å²) in [6.45, 7) is 3.08. The SMILES string of the molecule is CC1CCN(c2ccc(C(=O)OCC(=O)Nc3ccc(CC#N)cc3)cc2[N+](=O)[O-])CC1. The minimum atomic E-state index is -0.813. The first kappa shape index (κ1) is 22.7. The fourth-order valence-electron chi connectivity index (χ4n) is 3.52. The summed E-state index contributed by atoms with van der Waals surface area (Å²) < 4.78 is 5.03. The molecule has 1 aliphatic heterocycles. The number of nitro groups is 1. The third-order valence-corrected chi connectivity index (χ3v) is 5.39. The number of nitrogens with zero attached hydrogens (tertiary/aromatic N) is 3. The number of nitro benzene ring substituents is 1. The molecule has 1 aliphatic rings. The van der Waals surface area contributed by atoms with Gasteiger partial charge >= 0.3 is 5.97 Å². The highest BCUT2D eigenvalue weighted by molar-refractivity contribution is 5.96. The van der Waals surface area contributed by atoms with Crippen LogP contribution in [0.5, 0.6) is 0 Å². The van der Waals surface area contributed by atoms with Crippen molar-refractivity contribution in [3.63, 3.8) is 0 Å². The van der Waals surface area contributed by atoms with Crippen LogP contribution in [0.4, 0.5) is 17.1 Å². The Kier molecular flexibility index (Phi) is 7.39. The molecule has 2 aromatic rings. The number of carbonyl (C=O) groups excluding carboxylic acids is 2. The van der Waals surface area contributed by atoms with Crippen molar-refractivity contribution in [3.05, 3.63) is 63.7 Å². The van der Waals surface area contributed by atoms with Gasteiger partial charge in [-0.15, -0.1) is 0 Å². The zero-order chi connectivity index (χ0) is 23.1. The van der Waals surface area contributed by atoms with E-state index in [0.29, 0.717) is 17.3 Å². The molecule has 9 heteroatoms. The number of nitriles is 1. The second-order valence-corrected chi connectivity index (χ2v) is 7.79. The Morgan fingerprint density at radius 3 is 2.53 bits per heavy atom. The Morgan fingerprint density at radius 2 is 1.91 bits per heavy atom. The molecule has 166 valence electrons. The zero-order valence-electron chi connectivity index (χ0n) is 17.7. The van der Waals surface area contributed by atoms with E-state index in [4.69, 9.17) is 10.00 Å². The van der Waals surface area contributed by atoms with E-state index in [0.717, 1.165) is 31.5 Å². The molecule has 1 heterocycles. The Morgan fingerprint density at radius 1 is 1.22 bits per heavy atom. The number of carbonyl (C=O) groups is 2. The molecule has 0 aliphatic carbocycles. The number of benzene rings is 2. The molecule has 0 unspecified atom stereocenters. The molecule has 32 heavy (non-hydrogen) atoms. The van der Waals surface area contributed by atoms with Gasteiger partial charge in [-0.3, -0.25) is 14.9 Å². The summed E-state index contributed by atoms with van der Waals surface area (Å²) >= 11 is 0. The van der Waals surface area contributed by atoms with Crippen LogP contribution in [0.3, 0.4) is 0 Å². The lowest BCUT2D eigenvalue weighted by Crippen LogP contribution is -2.33. The molecule has 1 saturated heterocycles. The maximum atomic E-state index is 12.4. The smallest absolute Gasteiger partial charge is 0.338 e. The van der Waals surface area contributed by atoms with E-state index in [1.54, 1.807) is 30.3 Å². The number of amides is 1. The van der Waals surface area contributed by atoms with Gasteiger partial charge in [0.25, 0.3) is 11.6 Å². The summed E-state index contributed by atoms with van der Waals surface area (Å²) in [7, 11) is 0. The molecule has 0 aromatic heterocycles. The minimum Gasteiger partial charge on any atom is -0.452 e. The van der Waals surface area contributed by atoms with Crippen LogP contribution in [-0.4, -0.2) is 36.5 Å². The van der Waals surface area contributed by atoms with Crippen LogP contribution in [-0.2, 0) is 16.0 Å². The van der Waals surface area contributed by atoms with Crippen molar-refractivity contribution in [2.24, 2.45) is 5.92 Å². The van der Waals surface area contributed by atoms with E-state index in [1.165, 1.54) is 12.1 Å². The normalized spacial score (nSPS) is 13.8. The molecule has 1 fully saturated rings. The first-order valence-electron chi connectivity index (χ1n) is 10.3. The highest BCUT2D eigenvalue weighted by Gasteiger charge is 2.25. The van der Waals surface area contributed by atoms with Gasteiger partial charge in [0, 0.05) is 24.8 Å². The Bertz CT molecular complexity index is 1040. The van der Waals surface area contributed by atoms with Crippen LogP contribution in [0.15, 0.2) is 42.5 Å². The van der Waals surface area contributed by atoms with Gasteiger partial charge < -0.3 is 15.0 Å². The van der Waals surface area contributed by atoms with Crippen molar-refractivity contribution in [3.8, 4) is 6.07 Å². The summed E-state index contributed by atoms with van der Waals surface area (Å²) in [6.07, 6.45) is 2.18. The second-order valence-electron chi connectivity index (χ2n) is 7.79. The molecule has 0 spiro atoms. The number of ether oxygens (including phenoxy) is 1. The van der Waals surface area contributed by atoms with Crippen LogP contribution in [0.1, 0.15) is 35.7 Å². The maximum Gasteiger partial charge on any atom is 0.338 e. The molecule has 1 amide bonds. The lowest BCUT2D eigenvalue weighted by molar-refractivity contribution is -0.384. The highest BCUT2D eigenvalue weighted by Crippen LogP contribution is 2.32. The molecule has 2 aromatic carbocycles. The van der Waals surface area contributed by atoms with Crippen molar-refractivity contribution in [2.45, 2.75) is 26.2 Å². The Labute approximate surface area is 185 Å². The predicted molar refractivity (Wildman–Crippen MR) is 118 cm³/mol. The zero-order valence-corrected chi connectivity index (χ0v) is 17.7. The molecule has 3 rings (SSSR count). The van der Waals surface area contributed by atoms with Crippen molar-refractivity contribution in [1.82, 2.24) is 0 Å². The lowest BCUT2D eigenvalue weighted by Gasteiger charge is -2.31. The molecule has 9 nitrogen and oxygen atoms in total. The number of piperidine rings is 1. The molecular formula is C23H24N4O5. The average molecular weight is 436 g/mol. The monoisotopic (exact) mass is 436 g/mol. The van der Waals surface area contributed by atoms with Gasteiger partial charge in [0.1, 0.15) is 5.69 Å². The van der Waals surface area contributed by atoms with E-state index in [-0.39, 0.29) is 17.7 Å². The largest absolute Gasteiger partial charge is 0.452 e. The number of rotatable bonds is 7. The lowest BCUT2D eigenvalue weighted by atomic mass is 9.98. The maximum absolute atomic E-state index is 12.4. The topological polar surface area (TPSA) is 126 Å². The fourth-order valence-corrected chi connectivity index (χ4v) is 3.52. The third-order valence-electron chi connectivity index (χ3n) is 5.39. The van der Waals surface area contributed by atoms with Crippen molar-refractivity contribution in [2.75, 3.05) is 29.9 Å². The molecule has 0 saturated carbocycles. The fraction of sp³-hybridized carbons (Fsp3) is 0.348. The van der Waals surface area contributed by atoms with Gasteiger partial charge in [-0.05, 0) is 48.6 Å². The second kappa shape index (κ2) is 10.4. The first-order valence-corrected chi connectivity index (χ1v) is 10.3. The molecule has 0 bridgehead atoms. The number of anilines is 2.